The van der Waals surface area contributed by atoms with Gasteiger partial charge in [0.1, 0.15) is 0 Å². The maximum absolute atomic E-state index is 9.09. The predicted molar refractivity (Wildman–Crippen MR) is 65.3 cm³/mol. The fourth-order valence-electron chi connectivity index (χ4n) is 1.66. The van der Waals surface area contributed by atoms with E-state index in [0.717, 1.165) is 6.54 Å². The molecule has 0 amide bonds. The minimum atomic E-state index is -0.0232. The van der Waals surface area contributed by atoms with Crippen LogP contribution in [0.4, 0.5) is 0 Å². The van der Waals surface area contributed by atoms with Crippen molar-refractivity contribution in [3.05, 3.63) is 34.9 Å². The van der Waals surface area contributed by atoms with Crippen LogP contribution in [0.2, 0.25) is 0 Å². The zero-order chi connectivity index (χ0) is 12.0. The van der Waals surface area contributed by atoms with Gasteiger partial charge in [-0.05, 0) is 31.4 Å². The average Bonchev–Trinajstić information content (AvgIpc) is 2.28. The van der Waals surface area contributed by atoms with Crippen LogP contribution in [0.25, 0.3) is 0 Å². The third-order valence-electron chi connectivity index (χ3n) is 2.78. The summed E-state index contributed by atoms with van der Waals surface area (Å²) in [6.07, 6.45) is 0.585. The molecule has 1 unspecified atom stereocenters. The lowest BCUT2D eigenvalue weighted by molar-refractivity contribution is 0.200. The van der Waals surface area contributed by atoms with Crippen LogP contribution in [0.1, 0.15) is 23.1 Å². The molecule has 1 aromatic carbocycles. The van der Waals surface area contributed by atoms with E-state index in [-0.39, 0.29) is 19.3 Å². The summed E-state index contributed by atoms with van der Waals surface area (Å²) in [7, 11) is 0. The highest BCUT2D eigenvalue weighted by atomic mass is 16.3. The lowest BCUT2D eigenvalue weighted by Crippen LogP contribution is -2.33. The Morgan fingerprint density at radius 3 is 2.62 bits per heavy atom. The molecule has 1 rings (SSSR count). The average molecular weight is 223 g/mol. The molecule has 3 N–H and O–H groups in total. The van der Waals surface area contributed by atoms with Gasteiger partial charge in [0, 0.05) is 19.2 Å². The van der Waals surface area contributed by atoms with Gasteiger partial charge in [-0.25, -0.2) is 0 Å². The van der Waals surface area contributed by atoms with Gasteiger partial charge in [0.25, 0.3) is 0 Å². The third-order valence-corrected chi connectivity index (χ3v) is 2.78. The molecule has 0 fully saturated rings. The highest BCUT2D eigenvalue weighted by molar-refractivity contribution is 5.30. The van der Waals surface area contributed by atoms with Crippen LogP contribution in [0.5, 0.6) is 0 Å². The molecule has 0 heterocycles. The van der Waals surface area contributed by atoms with Gasteiger partial charge in [0.15, 0.2) is 0 Å². The first-order valence-corrected chi connectivity index (χ1v) is 5.68. The summed E-state index contributed by atoms with van der Waals surface area (Å²) in [5.74, 6) is 0. The second-order valence-electron chi connectivity index (χ2n) is 4.20. The highest BCUT2D eigenvalue weighted by Gasteiger charge is 2.06. The molecule has 0 radical (unpaired) electrons. The Morgan fingerprint density at radius 2 is 2.00 bits per heavy atom. The standard InChI is InChI=1S/C13H21NO2/c1-10-3-4-11(2)12(7-10)8-14-13(9-16)5-6-15/h3-4,7,13-16H,5-6,8-9H2,1-2H3. The van der Waals surface area contributed by atoms with E-state index in [0.29, 0.717) is 6.42 Å². The first-order valence-electron chi connectivity index (χ1n) is 5.68. The molecule has 0 spiro atoms. The number of nitrogens with one attached hydrogen (secondary N) is 1. The summed E-state index contributed by atoms with van der Waals surface area (Å²) in [6, 6.07) is 6.32. The van der Waals surface area contributed by atoms with Crippen molar-refractivity contribution < 1.29 is 10.2 Å². The predicted octanol–water partition coefficient (Wildman–Crippen LogP) is 1.14. The SMILES string of the molecule is Cc1ccc(C)c(CNC(CO)CCO)c1. The Bertz CT molecular complexity index is 326. The largest absolute Gasteiger partial charge is 0.396 e. The monoisotopic (exact) mass is 223 g/mol. The first kappa shape index (κ1) is 13.2. The third kappa shape index (κ3) is 3.93. The smallest absolute Gasteiger partial charge is 0.0585 e. The topological polar surface area (TPSA) is 52.5 Å². The van der Waals surface area contributed by atoms with E-state index in [4.69, 9.17) is 10.2 Å². The van der Waals surface area contributed by atoms with Crippen LogP contribution in [-0.2, 0) is 6.54 Å². The number of benzene rings is 1. The van der Waals surface area contributed by atoms with E-state index in [1.54, 1.807) is 0 Å². The zero-order valence-electron chi connectivity index (χ0n) is 10.0. The van der Waals surface area contributed by atoms with Crippen molar-refractivity contribution >= 4 is 0 Å². The van der Waals surface area contributed by atoms with E-state index in [2.05, 4.69) is 37.4 Å². The van der Waals surface area contributed by atoms with Crippen LogP contribution in [0.3, 0.4) is 0 Å². The van der Waals surface area contributed by atoms with Gasteiger partial charge in [-0.2, -0.15) is 0 Å². The molecule has 0 saturated heterocycles. The molecule has 0 aliphatic rings. The van der Waals surface area contributed by atoms with Crippen LogP contribution < -0.4 is 5.32 Å². The van der Waals surface area contributed by atoms with Gasteiger partial charge >= 0.3 is 0 Å². The Balaban J connectivity index is 2.55. The van der Waals surface area contributed by atoms with Crippen LogP contribution in [-0.4, -0.2) is 29.5 Å². The minimum Gasteiger partial charge on any atom is -0.396 e. The number of aliphatic hydroxyl groups excluding tert-OH is 2. The van der Waals surface area contributed by atoms with Crippen molar-refractivity contribution in [2.24, 2.45) is 0 Å². The molecule has 1 atom stereocenters. The fraction of sp³-hybridized carbons (Fsp3) is 0.538. The number of aliphatic hydroxyl groups is 2. The van der Waals surface area contributed by atoms with Gasteiger partial charge < -0.3 is 15.5 Å². The second-order valence-corrected chi connectivity index (χ2v) is 4.20. The summed E-state index contributed by atoms with van der Waals surface area (Å²) in [4.78, 5) is 0. The van der Waals surface area contributed by atoms with Gasteiger partial charge in [0.05, 0.1) is 6.61 Å². The van der Waals surface area contributed by atoms with Crippen molar-refractivity contribution in [3.8, 4) is 0 Å². The molecular formula is C13H21NO2. The van der Waals surface area contributed by atoms with E-state index >= 15 is 0 Å². The summed E-state index contributed by atoms with van der Waals surface area (Å²) >= 11 is 0. The van der Waals surface area contributed by atoms with Crippen molar-refractivity contribution in [3.63, 3.8) is 0 Å². The Morgan fingerprint density at radius 1 is 1.25 bits per heavy atom. The Hall–Kier alpha value is -0.900. The summed E-state index contributed by atoms with van der Waals surface area (Å²) in [6.45, 7) is 5.05. The van der Waals surface area contributed by atoms with E-state index < -0.39 is 0 Å². The van der Waals surface area contributed by atoms with E-state index in [1.807, 2.05) is 0 Å². The van der Waals surface area contributed by atoms with Gasteiger partial charge in [0.2, 0.25) is 0 Å². The fourth-order valence-corrected chi connectivity index (χ4v) is 1.66. The number of hydrogen-bond donors (Lipinski definition) is 3. The molecule has 3 heteroatoms. The quantitative estimate of drug-likeness (QED) is 0.678. The maximum Gasteiger partial charge on any atom is 0.0585 e. The number of rotatable bonds is 6. The molecule has 0 bridgehead atoms. The molecule has 90 valence electrons. The van der Waals surface area contributed by atoms with Crippen LogP contribution >= 0.6 is 0 Å². The van der Waals surface area contributed by atoms with Gasteiger partial charge in [-0.1, -0.05) is 23.8 Å². The normalized spacial score (nSPS) is 12.8. The van der Waals surface area contributed by atoms with E-state index in [1.165, 1.54) is 16.7 Å². The summed E-state index contributed by atoms with van der Waals surface area (Å²) in [5, 5.41) is 21.1. The molecule has 0 aliphatic heterocycles. The zero-order valence-corrected chi connectivity index (χ0v) is 10.0. The molecule has 1 aromatic rings. The number of aryl methyl sites for hydroxylation is 2. The van der Waals surface area contributed by atoms with Gasteiger partial charge in [-0.15, -0.1) is 0 Å². The lowest BCUT2D eigenvalue weighted by Gasteiger charge is -2.16. The Labute approximate surface area is 97.1 Å². The van der Waals surface area contributed by atoms with Crippen molar-refractivity contribution in [2.75, 3.05) is 13.2 Å². The van der Waals surface area contributed by atoms with Crippen molar-refractivity contribution in [2.45, 2.75) is 32.9 Å². The lowest BCUT2D eigenvalue weighted by atomic mass is 10.1. The maximum atomic E-state index is 9.09. The van der Waals surface area contributed by atoms with Crippen LogP contribution in [0, 0.1) is 13.8 Å². The molecule has 16 heavy (non-hydrogen) atoms. The van der Waals surface area contributed by atoms with Gasteiger partial charge in [-0.3, -0.25) is 0 Å². The molecule has 0 saturated carbocycles. The van der Waals surface area contributed by atoms with Crippen molar-refractivity contribution in [1.82, 2.24) is 5.32 Å². The second kappa shape index (κ2) is 6.63. The summed E-state index contributed by atoms with van der Waals surface area (Å²) in [5.41, 5.74) is 3.74. The summed E-state index contributed by atoms with van der Waals surface area (Å²) < 4.78 is 0. The molecule has 0 aliphatic carbocycles. The Kier molecular flexibility index (Phi) is 5.46. The minimum absolute atomic E-state index is 0.0232. The highest BCUT2D eigenvalue weighted by Crippen LogP contribution is 2.10. The first-order chi connectivity index (χ1) is 7.67. The van der Waals surface area contributed by atoms with Crippen molar-refractivity contribution in [1.29, 1.82) is 0 Å². The number of hydrogen-bond acceptors (Lipinski definition) is 3. The molecule has 0 aromatic heterocycles. The van der Waals surface area contributed by atoms with Crippen LogP contribution in [0.15, 0.2) is 18.2 Å². The van der Waals surface area contributed by atoms with E-state index in [9.17, 15) is 0 Å². The molecule has 3 nitrogen and oxygen atoms in total. The molecular weight excluding hydrogens is 202 g/mol.